The summed E-state index contributed by atoms with van der Waals surface area (Å²) in [6, 6.07) is 6.43. The second kappa shape index (κ2) is 23.1. The van der Waals surface area contributed by atoms with Gasteiger partial charge in [-0.05, 0) is 97.7 Å². The van der Waals surface area contributed by atoms with E-state index < -0.39 is 96.1 Å². The van der Waals surface area contributed by atoms with Crippen LogP contribution in [0.2, 0.25) is 0 Å². The third kappa shape index (κ3) is 13.1. The molecule has 0 unspecified atom stereocenters. The minimum atomic E-state index is -1.70. The first-order valence-electron chi connectivity index (χ1n) is 24.5. The molecule has 4 saturated heterocycles. The van der Waals surface area contributed by atoms with E-state index in [2.05, 4.69) is 10.6 Å². The molecule has 380 valence electrons. The predicted molar refractivity (Wildman–Crippen MR) is 251 cm³/mol. The highest BCUT2D eigenvalue weighted by Gasteiger charge is 2.52. The van der Waals surface area contributed by atoms with Crippen molar-refractivity contribution in [2.75, 3.05) is 41.3 Å². The van der Waals surface area contributed by atoms with Crippen molar-refractivity contribution < 1.29 is 58.2 Å². The highest BCUT2D eigenvalue weighted by atomic mass is 16.7. The van der Waals surface area contributed by atoms with Gasteiger partial charge in [0.15, 0.2) is 12.6 Å². The molecule has 1 aromatic rings. The number of methoxy groups -OCH3 is 1. The first-order chi connectivity index (χ1) is 31.4. The normalized spacial score (nSPS) is 40.2. The highest BCUT2D eigenvalue weighted by Crippen LogP contribution is 2.39. The van der Waals surface area contributed by atoms with Gasteiger partial charge in [-0.2, -0.15) is 0 Å². The summed E-state index contributed by atoms with van der Waals surface area (Å²) in [5.41, 5.74) is -1.83. The minimum Gasteiger partial charge on any atom is -0.387 e. The van der Waals surface area contributed by atoms with E-state index in [0.29, 0.717) is 32.2 Å². The van der Waals surface area contributed by atoms with E-state index in [4.69, 9.17) is 23.7 Å². The van der Waals surface area contributed by atoms with Crippen molar-refractivity contribution in [1.82, 2.24) is 25.3 Å². The van der Waals surface area contributed by atoms with Crippen molar-refractivity contribution in [3.8, 4) is 0 Å². The van der Waals surface area contributed by atoms with Gasteiger partial charge in [0.25, 0.3) is 0 Å². The van der Waals surface area contributed by atoms with Gasteiger partial charge < -0.3 is 64.3 Å². The maximum Gasteiger partial charge on any atom is 0.246 e. The summed E-state index contributed by atoms with van der Waals surface area (Å²) in [5.74, 6) is -4.24. The second-order valence-corrected chi connectivity index (χ2v) is 21.2. The van der Waals surface area contributed by atoms with Crippen LogP contribution in [0.1, 0.15) is 106 Å². The van der Waals surface area contributed by atoms with E-state index in [1.165, 1.54) is 7.11 Å². The molecule has 5 N–H and O–H groups in total. The number of fused-ring (bicyclic) bond motifs is 1. The van der Waals surface area contributed by atoms with Crippen molar-refractivity contribution in [3.63, 3.8) is 0 Å². The summed E-state index contributed by atoms with van der Waals surface area (Å²) in [5, 5.41) is 41.8. The van der Waals surface area contributed by atoms with Gasteiger partial charge in [-0.1, -0.05) is 65.0 Å². The van der Waals surface area contributed by atoms with Gasteiger partial charge in [0.05, 0.1) is 41.5 Å². The van der Waals surface area contributed by atoms with Gasteiger partial charge in [-0.25, -0.2) is 0 Å². The van der Waals surface area contributed by atoms with E-state index in [0.717, 1.165) is 5.56 Å². The summed E-state index contributed by atoms with van der Waals surface area (Å²) in [6.45, 7) is 16.7. The molecular formula is C50H83N5O12. The van der Waals surface area contributed by atoms with Gasteiger partial charge in [0.1, 0.15) is 30.3 Å². The van der Waals surface area contributed by atoms with Gasteiger partial charge >= 0.3 is 0 Å². The number of rotatable bonds is 10. The number of likely N-dealkylation sites (N-methyl/N-ethyl adjacent to an activating group) is 2. The molecule has 1 aromatic carbocycles. The second-order valence-electron chi connectivity index (χ2n) is 21.2. The quantitative estimate of drug-likeness (QED) is 0.229. The molecule has 0 radical (unpaired) electrons. The molecule has 4 amide bonds. The number of benzene rings is 1. The molecule has 4 aliphatic rings. The Balaban J connectivity index is 1.63. The molecule has 67 heavy (non-hydrogen) atoms. The van der Waals surface area contributed by atoms with Crippen LogP contribution in [0, 0.1) is 23.7 Å². The number of aliphatic hydroxyl groups excluding tert-OH is 2. The molecule has 4 fully saturated rings. The Kier molecular flexibility index (Phi) is 18.9. The Bertz CT molecular complexity index is 1800. The number of hydrogen-bond acceptors (Lipinski definition) is 13. The lowest BCUT2D eigenvalue weighted by molar-refractivity contribution is -0.317. The molecule has 4 aliphatic heterocycles. The van der Waals surface area contributed by atoms with Crippen LogP contribution in [0.5, 0.6) is 0 Å². The first kappa shape index (κ1) is 54.7. The van der Waals surface area contributed by atoms with Crippen molar-refractivity contribution in [2.45, 2.75) is 192 Å². The smallest absolute Gasteiger partial charge is 0.246 e. The summed E-state index contributed by atoms with van der Waals surface area (Å²) < 4.78 is 32.1. The fourth-order valence-corrected chi connectivity index (χ4v) is 10.9. The van der Waals surface area contributed by atoms with Crippen molar-refractivity contribution in [3.05, 3.63) is 35.9 Å². The lowest BCUT2D eigenvalue weighted by Gasteiger charge is -2.49. The molecule has 4 heterocycles. The zero-order valence-corrected chi connectivity index (χ0v) is 42.3. The van der Waals surface area contributed by atoms with Gasteiger partial charge in [-0.15, -0.1) is 0 Å². The Morgan fingerprint density at radius 3 is 2.22 bits per heavy atom. The molecule has 0 saturated carbocycles. The topological polar surface area (TPSA) is 209 Å². The zero-order chi connectivity index (χ0) is 49.7. The Morgan fingerprint density at radius 1 is 0.925 bits per heavy atom. The van der Waals surface area contributed by atoms with Crippen LogP contribution in [-0.4, -0.2) is 180 Å². The number of amides is 4. The third-order valence-corrected chi connectivity index (χ3v) is 14.8. The number of nitrogens with one attached hydrogen (secondary N) is 2. The first-order valence-corrected chi connectivity index (χ1v) is 24.5. The lowest BCUT2D eigenvalue weighted by Crippen LogP contribution is -2.61. The minimum absolute atomic E-state index is 0.0864. The van der Waals surface area contributed by atoms with E-state index >= 15 is 0 Å². The van der Waals surface area contributed by atoms with Crippen LogP contribution in [0.25, 0.3) is 0 Å². The average Bonchev–Trinajstić information content (AvgIpc) is 3.76. The molecule has 0 spiro atoms. The van der Waals surface area contributed by atoms with Crippen LogP contribution in [-0.2, 0) is 49.3 Å². The average molecular weight is 946 g/mol. The summed E-state index contributed by atoms with van der Waals surface area (Å²) in [7, 11) is 6.94. The number of aryl methyl sites for hydroxylation is 1. The van der Waals surface area contributed by atoms with Crippen LogP contribution >= 0.6 is 0 Å². The van der Waals surface area contributed by atoms with Gasteiger partial charge in [-0.3, -0.25) is 19.2 Å². The molecule has 0 bridgehead atoms. The number of ether oxygens (including phenoxy) is 5. The van der Waals surface area contributed by atoms with Crippen LogP contribution in [0.3, 0.4) is 0 Å². The summed E-state index contributed by atoms with van der Waals surface area (Å²) in [4.78, 5) is 63.4. The summed E-state index contributed by atoms with van der Waals surface area (Å²) >= 11 is 0. The van der Waals surface area contributed by atoms with E-state index in [1.807, 2.05) is 83.9 Å². The highest BCUT2D eigenvalue weighted by molar-refractivity contribution is 5.95. The number of carbonyl (C=O) groups is 4. The summed E-state index contributed by atoms with van der Waals surface area (Å²) in [6.07, 6.45) is -5.18. The maximum absolute atomic E-state index is 15.0. The van der Waals surface area contributed by atoms with E-state index in [9.17, 15) is 34.5 Å². The third-order valence-electron chi connectivity index (χ3n) is 14.8. The fraction of sp³-hybridized carbons (Fsp3) is 0.800. The zero-order valence-electron chi connectivity index (χ0n) is 42.3. The van der Waals surface area contributed by atoms with Gasteiger partial charge in [0, 0.05) is 45.6 Å². The molecule has 17 nitrogen and oxygen atoms in total. The molecule has 0 aliphatic carbocycles. The van der Waals surface area contributed by atoms with Gasteiger partial charge in [0.2, 0.25) is 23.6 Å². The molecular weight excluding hydrogens is 863 g/mol. The fourth-order valence-electron chi connectivity index (χ4n) is 10.9. The molecule has 0 aromatic heterocycles. The maximum atomic E-state index is 15.0. The van der Waals surface area contributed by atoms with E-state index in [1.54, 1.807) is 44.5 Å². The molecule has 5 rings (SSSR count). The van der Waals surface area contributed by atoms with Crippen molar-refractivity contribution in [1.29, 1.82) is 0 Å². The number of aliphatic hydroxyl groups is 3. The van der Waals surface area contributed by atoms with Crippen molar-refractivity contribution in [2.24, 2.45) is 23.7 Å². The Labute approximate surface area is 398 Å². The number of carbonyl (C=O) groups excluding carboxylic acids is 4. The van der Waals surface area contributed by atoms with E-state index in [-0.39, 0.29) is 61.6 Å². The predicted octanol–water partition coefficient (Wildman–Crippen LogP) is 2.85. The Hall–Kier alpha value is -3.26. The molecule has 17 heteroatoms. The number of nitrogens with zero attached hydrogens (tertiary/aromatic N) is 3. The van der Waals surface area contributed by atoms with Crippen LogP contribution in [0.15, 0.2) is 30.3 Å². The largest absolute Gasteiger partial charge is 0.387 e. The van der Waals surface area contributed by atoms with Crippen molar-refractivity contribution >= 4 is 23.6 Å². The van der Waals surface area contributed by atoms with Crippen LogP contribution in [0.4, 0.5) is 0 Å². The monoisotopic (exact) mass is 946 g/mol. The SMILES string of the molecule is CO[C@]1(C)C[C@H](O[C@@H]2[C@H](C)[C@@H](O[C@@H]3O[C@H](C)C[C@H](N(C)C)[C@H]3O)[C@](C)(O)C[C@@H](C)CN(C)C(=O)[C@@H]3CCCN3C(=O)[C@H](C(C)C)NC(=O)[C@@H](CCc3ccccc3)NC(=O)[C@@H]2C)O[C@@H](C)[C@@H]1O. The lowest BCUT2D eigenvalue weighted by atomic mass is 9.77. The molecule has 17 atom stereocenters. The number of hydrogen-bond donors (Lipinski definition) is 5. The standard InChI is InChI=1S/C50H83N5O12/c1-28(2)39-47(61)55-23-17-20-36(55)46(60)54(12)27-29(3)25-49(8,62)43(67-48-40(56)37(53(10)11)24-30(4)64-48)31(5)41(66-38-26-50(9,63-13)42(57)33(7)65-38)32(6)44(58)51-35(45(59)52-39)22-21-34-18-15-14-16-19-34/h14-16,18-19,28-33,35-43,48,56-57,62H,17,20-27H2,1-13H3,(H,51,58)(H,52,59)/t29-,30-,31+,32-,33+,35-,36+,37+,38+,39+,40-,41-,42+,43-,48+,49-,50-/m1/s1. The van der Waals surface area contributed by atoms with Crippen LogP contribution < -0.4 is 10.6 Å². The Morgan fingerprint density at radius 2 is 1.60 bits per heavy atom.